The van der Waals surface area contributed by atoms with Crippen LogP contribution in [0, 0.1) is 0 Å². The number of hydrogen-bond acceptors (Lipinski definition) is 3. The van der Waals surface area contributed by atoms with Crippen LogP contribution in [0.5, 0.6) is 5.75 Å². The highest BCUT2D eigenvalue weighted by atomic mass is 19.4. The lowest BCUT2D eigenvalue weighted by Gasteiger charge is -2.19. The van der Waals surface area contributed by atoms with Crippen molar-refractivity contribution < 1.29 is 22.6 Å². The molecule has 1 unspecified atom stereocenters. The summed E-state index contributed by atoms with van der Waals surface area (Å²) in [6.45, 7) is 6.06. The highest BCUT2D eigenvalue weighted by molar-refractivity contribution is 5.29. The van der Waals surface area contributed by atoms with Crippen LogP contribution in [0.1, 0.15) is 38.3 Å². The maximum atomic E-state index is 12.1. The number of nitrogens with one attached hydrogen (secondary N) is 1. The Kier molecular flexibility index (Phi) is 7.53. The largest absolute Gasteiger partial charge is 0.573 e. The zero-order chi connectivity index (χ0) is 15.7. The SMILES string of the molecule is CCCNC(COCCC)c1ccc(OC(F)(F)F)cc1. The van der Waals surface area contributed by atoms with E-state index in [2.05, 4.69) is 17.0 Å². The molecule has 0 fully saturated rings. The third-order valence-electron chi connectivity index (χ3n) is 2.79. The first-order valence-electron chi connectivity index (χ1n) is 7.13. The summed E-state index contributed by atoms with van der Waals surface area (Å²) >= 11 is 0. The summed E-state index contributed by atoms with van der Waals surface area (Å²) in [5.74, 6) is -0.213. The van der Waals surface area contributed by atoms with Crippen LogP contribution in [0.25, 0.3) is 0 Å². The maximum absolute atomic E-state index is 12.1. The Bertz CT molecular complexity index is 393. The molecule has 3 nitrogen and oxygen atoms in total. The number of ether oxygens (including phenoxy) is 2. The lowest BCUT2D eigenvalue weighted by atomic mass is 10.1. The van der Waals surface area contributed by atoms with Gasteiger partial charge in [0.25, 0.3) is 0 Å². The van der Waals surface area contributed by atoms with Gasteiger partial charge in [-0.05, 0) is 37.1 Å². The molecule has 0 aromatic heterocycles. The topological polar surface area (TPSA) is 30.5 Å². The van der Waals surface area contributed by atoms with Crippen molar-refractivity contribution in [2.24, 2.45) is 0 Å². The van der Waals surface area contributed by atoms with E-state index in [1.807, 2.05) is 6.92 Å². The van der Waals surface area contributed by atoms with Crippen molar-refractivity contribution >= 4 is 0 Å². The molecule has 0 amide bonds. The molecule has 0 bridgehead atoms. The van der Waals surface area contributed by atoms with Crippen molar-refractivity contribution in [1.82, 2.24) is 5.32 Å². The molecule has 1 aromatic carbocycles. The first-order valence-corrected chi connectivity index (χ1v) is 7.13. The Morgan fingerprint density at radius 3 is 2.29 bits per heavy atom. The van der Waals surface area contributed by atoms with Crippen molar-refractivity contribution in [2.45, 2.75) is 39.1 Å². The molecule has 1 atom stereocenters. The molecule has 0 spiro atoms. The number of halogens is 3. The van der Waals surface area contributed by atoms with Gasteiger partial charge in [-0.1, -0.05) is 26.0 Å². The van der Waals surface area contributed by atoms with Crippen molar-refractivity contribution in [2.75, 3.05) is 19.8 Å². The van der Waals surface area contributed by atoms with E-state index < -0.39 is 6.36 Å². The van der Waals surface area contributed by atoms with E-state index in [4.69, 9.17) is 4.74 Å². The van der Waals surface area contributed by atoms with Crippen molar-refractivity contribution in [3.8, 4) is 5.75 Å². The predicted octanol–water partition coefficient (Wildman–Crippen LogP) is 4.05. The van der Waals surface area contributed by atoms with Gasteiger partial charge < -0.3 is 14.8 Å². The van der Waals surface area contributed by atoms with Crippen LogP contribution in [0.4, 0.5) is 13.2 Å². The van der Waals surface area contributed by atoms with E-state index in [0.717, 1.165) is 24.9 Å². The molecule has 1 rings (SSSR count). The highest BCUT2D eigenvalue weighted by Crippen LogP contribution is 2.24. The lowest BCUT2D eigenvalue weighted by molar-refractivity contribution is -0.274. The van der Waals surface area contributed by atoms with E-state index >= 15 is 0 Å². The van der Waals surface area contributed by atoms with Crippen LogP contribution in [0.15, 0.2) is 24.3 Å². The van der Waals surface area contributed by atoms with Gasteiger partial charge in [-0.3, -0.25) is 0 Å². The Morgan fingerprint density at radius 1 is 1.10 bits per heavy atom. The van der Waals surface area contributed by atoms with Crippen molar-refractivity contribution in [3.63, 3.8) is 0 Å². The summed E-state index contributed by atoms with van der Waals surface area (Å²) in [6.07, 6.45) is -2.76. The number of benzene rings is 1. The zero-order valence-corrected chi connectivity index (χ0v) is 12.4. The van der Waals surface area contributed by atoms with Gasteiger partial charge in [0.2, 0.25) is 0 Å². The number of rotatable bonds is 9. The average Bonchev–Trinajstić information content (AvgIpc) is 2.42. The summed E-state index contributed by atoms with van der Waals surface area (Å²) in [4.78, 5) is 0. The Balaban J connectivity index is 2.68. The Hall–Kier alpha value is -1.27. The zero-order valence-electron chi connectivity index (χ0n) is 12.4. The normalized spacial score (nSPS) is 13.2. The van der Waals surface area contributed by atoms with Gasteiger partial charge in [0, 0.05) is 6.61 Å². The summed E-state index contributed by atoms with van der Waals surface area (Å²) in [6, 6.07) is 5.87. The summed E-state index contributed by atoms with van der Waals surface area (Å²) in [5, 5.41) is 3.32. The third kappa shape index (κ3) is 7.34. The van der Waals surface area contributed by atoms with Crippen LogP contribution in [0.3, 0.4) is 0 Å². The van der Waals surface area contributed by atoms with Gasteiger partial charge in [-0.25, -0.2) is 0 Å². The maximum Gasteiger partial charge on any atom is 0.573 e. The Morgan fingerprint density at radius 2 is 1.76 bits per heavy atom. The molecular weight excluding hydrogens is 283 g/mol. The lowest BCUT2D eigenvalue weighted by Crippen LogP contribution is -2.26. The van der Waals surface area contributed by atoms with Gasteiger partial charge in [-0.15, -0.1) is 13.2 Å². The minimum absolute atomic E-state index is 0.0311. The van der Waals surface area contributed by atoms with Gasteiger partial charge in [0.05, 0.1) is 12.6 Å². The van der Waals surface area contributed by atoms with E-state index in [-0.39, 0.29) is 11.8 Å². The summed E-state index contributed by atoms with van der Waals surface area (Å²) in [7, 11) is 0. The monoisotopic (exact) mass is 305 g/mol. The number of hydrogen-bond donors (Lipinski definition) is 1. The summed E-state index contributed by atoms with van der Waals surface area (Å²) < 4.78 is 45.8. The molecule has 0 aliphatic heterocycles. The second kappa shape index (κ2) is 8.89. The van der Waals surface area contributed by atoms with Crippen LogP contribution in [-0.2, 0) is 4.74 Å². The smallest absolute Gasteiger partial charge is 0.406 e. The standard InChI is InChI=1S/C15H22F3NO2/c1-3-9-19-14(11-20-10-4-2)12-5-7-13(8-6-12)21-15(16,17)18/h5-8,14,19H,3-4,9-11H2,1-2H3. The quantitative estimate of drug-likeness (QED) is 0.698. The molecule has 0 saturated heterocycles. The number of alkyl halides is 3. The van der Waals surface area contributed by atoms with Crippen LogP contribution in [0.2, 0.25) is 0 Å². The fraction of sp³-hybridized carbons (Fsp3) is 0.600. The third-order valence-corrected chi connectivity index (χ3v) is 2.79. The fourth-order valence-corrected chi connectivity index (χ4v) is 1.84. The van der Waals surface area contributed by atoms with Gasteiger partial charge in [0.1, 0.15) is 5.75 Å². The van der Waals surface area contributed by atoms with E-state index in [9.17, 15) is 13.2 Å². The second-order valence-corrected chi connectivity index (χ2v) is 4.70. The first-order chi connectivity index (χ1) is 9.96. The van der Waals surface area contributed by atoms with Crippen molar-refractivity contribution in [3.05, 3.63) is 29.8 Å². The second-order valence-electron chi connectivity index (χ2n) is 4.70. The van der Waals surface area contributed by atoms with Crippen LogP contribution >= 0.6 is 0 Å². The molecule has 6 heteroatoms. The van der Waals surface area contributed by atoms with Crippen molar-refractivity contribution in [1.29, 1.82) is 0 Å². The van der Waals surface area contributed by atoms with Crippen LogP contribution < -0.4 is 10.1 Å². The molecule has 0 saturated carbocycles. The van der Waals surface area contributed by atoms with Gasteiger partial charge in [0.15, 0.2) is 0 Å². The van der Waals surface area contributed by atoms with Crippen LogP contribution in [-0.4, -0.2) is 26.1 Å². The molecule has 0 aliphatic rings. The minimum atomic E-state index is -4.66. The predicted molar refractivity (Wildman–Crippen MR) is 75.3 cm³/mol. The molecule has 0 aliphatic carbocycles. The Labute approximate surface area is 123 Å². The molecule has 0 heterocycles. The molecule has 1 aromatic rings. The van der Waals surface area contributed by atoms with Gasteiger partial charge >= 0.3 is 6.36 Å². The molecule has 0 radical (unpaired) electrons. The summed E-state index contributed by atoms with van der Waals surface area (Å²) in [5.41, 5.74) is 0.883. The van der Waals surface area contributed by atoms with Gasteiger partial charge in [-0.2, -0.15) is 0 Å². The van der Waals surface area contributed by atoms with E-state index in [1.54, 1.807) is 12.1 Å². The van der Waals surface area contributed by atoms with E-state index in [0.29, 0.717) is 13.2 Å². The minimum Gasteiger partial charge on any atom is -0.406 e. The molecule has 120 valence electrons. The first kappa shape index (κ1) is 17.8. The molecule has 21 heavy (non-hydrogen) atoms. The highest BCUT2D eigenvalue weighted by Gasteiger charge is 2.31. The molecular formula is C15H22F3NO2. The molecule has 1 N–H and O–H groups in total. The fourth-order valence-electron chi connectivity index (χ4n) is 1.84. The van der Waals surface area contributed by atoms with E-state index in [1.165, 1.54) is 12.1 Å². The average molecular weight is 305 g/mol.